The van der Waals surface area contributed by atoms with Crippen LogP contribution in [0.25, 0.3) is 0 Å². The SMILES string of the molecule is CC1(C)OCC(COSc2ccc(C(N)=O)cc2)(Cn2ccnc2[N+](=O)[O-])CO1. The highest BCUT2D eigenvalue weighted by Gasteiger charge is 2.43. The van der Waals surface area contributed by atoms with E-state index < -0.39 is 22.0 Å². The van der Waals surface area contributed by atoms with Gasteiger partial charge in [-0.1, -0.05) is 4.98 Å². The molecule has 2 N–H and O–H groups in total. The minimum absolute atomic E-state index is 0.223. The number of carbonyl (C=O) groups excluding carboxylic acids is 1. The second-order valence-corrected chi connectivity index (χ2v) is 8.20. The van der Waals surface area contributed by atoms with E-state index in [1.807, 2.05) is 13.8 Å². The lowest BCUT2D eigenvalue weighted by molar-refractivity contribution is -0.397. The third-order valence-corrected chi connectivity index (χ3v) is 5.17. The molecular weight excluding hydrogens is 400 g/mol. The van der Waals surface area contributed by atoms with Crippen LogP contribution in [-0.4, -0.2) is 46.0 Å². The molecule has 156 valence electrons. The minimum atomic E-state index is -0.734. The normalized spacial score (nSPS) is 17.7. The van der Waals surface area contributed by atoms with Gasteiger partial charge in [0.15, 0.2) is 5.79 Å². The number of rotatable bonds is 8. The van der Waals surface area contributed by atoms with Crippen molar-refractivity contribution in [2.24, 2.45) is 11.1 Å². The van der Waals surface area contributed by atoms with Gasteiger partial charge >= 0.3 is 5.95 Å². The van der Waals surface area contributed by atoms with E-state index in [1.165, 1.54) is 10.8 Å². The topological polar surface area (TPSA) is 132 Å². The molecule has 1 aliphatic heterocycles. The Balaban J connectivity index is 1.69. The average molecular weight is 422 g/mol. The molecule has 2 heterocycles. The van der Waals surface area contributed by atoms with Crippen molar-refractivity contribution < 1.29 is 23.4 Å². The highest BCUT2D eigenvalue weighted by atomic mass is 32.2. The number of nitro groups is 1. The monoisotopic (exact) mass is 422 g/mol. The molecule has 3 rings (SSSR count). The van der Waals surface area contributed by atoms with Crippen LogP contribution in [0.3, 0.4) is 0 Å². The fourth-order valence-electron chi connectivity index (χ4n) is 2.81. The van der Waals surface area contributed by atoms with Crippen LogP contribution in [0.15, 0.2) is 41.6 Å². The van der Waals surface area contributed by atoms with E-state index in [4.69, 9.17) is 19.4 Å². The first kappa shape index (κ1) is 21.2. The van der Waals surface area contributed by atoms with Crippen LogP contribution in [-0.2, 0) is 20.2 Å². The lowest BCUT2D eigenvalue weighted by Gasteiger charge is -2.42. The van der Waals surface area contributed by atoms with Gasteiger partial charge in [-0.25, -0.2) is 4.57 Å². The van der Waals surface area contributed by atoms with E-state index in [0.29, 0.717) is 18.8 Å². The Hall–Kier alpha value is -2.47. The van der Waals surface area contributed by atoms with Gasteiger partial charge in [0, 0.05) is 22.5 Å². The minimum Gasteiger partial charge on any atom is -0.390 e. The molecule has 0 atom stereocenters. The molecule has 2 aromatic rings. The van der Waals surface area contributed by atoms with Crippen LogP contribution in [0, 0.1) is 15.5 Å². The van der Waals surface area contributed by atoms with Gasteiger partial charge in [-0.15, -0.1) is 0 Å². The van der Waals surface area contributed by atoms with Gasteiger partial charge in [0.2, 0.25) is 5.91 Å². The number of benzene rings is 1. The third-order valence-electron chi connectivity index (χ3n) is 4.47. The zero-order valence-electron chi connectivity index (χ0n) is 16.1. The number of primary amides is 1. The van der Waals surface area contributed by atoms with E-state index in [0.717, 1.165) is 16.9 Å². The van der Waals surface area contributed by atoms with Crippen molar-refractivity contribution in [1.82, 2.24) is 9.55 Å². The van der Waals surface area contributed by atoms with E-state index in [-0.39, 0.29) is 19.1 Å². The van der Waals surface area contributed by atoms with Gasteiger partial charge in [-0.2, -0.15) is 0 Å². The summed E-state index contributed by atoms with van der Waals surface area (Å²) in [6.45, 7) is 4.70. The second kappa shape index (κ2) is 8.49. The Bertz CT molecular complexity index is 873. The average Bonchev–Trinajstić information content (AvgIpc) is 3.13. The summed E-state index contributed by atoms with van der Waals surface area (Å²) in [6, 6.07) is 6.70. The predicted molar refractivity (Wildman–Crippen MR) is 104 cm³/mol. The molecule has 0 bridgehead atoms. The summed E-state index contributed by atoms with van der Waals surface area (Å²) in [4.78, 5) is 26.4. The molecule has 29 heavy (non-hydrogen) atoms. The van der Waals surface area contributed by atoms with E-state index in [1.54, 1.807) is 30.5 Å². The molecule has 0 saturated carbocycles. The summed E-state index contributed by atoms with van der Waals surface area (Å²) in [5.41, 5.74) is 5.01. The number of aromatic nitrogens is 2. The van der Waals surface area contributed by atoms with Gasteiger partial charge in [-0.3, -0.25) is 4.79 Å². The summed E-state index contributed by atoms with van der Waals surface area (Å²) in [5, 5.41) is 11.2. The molecule has 0 unspecified atom stereocenters. The lowest BCUT2D eigenvalue weighted by atomic mass is 9.89. The predicted octanol–water partition coefficient (Wildman–Crippen LogP) is 2.38. The molecule has 1 fully saturated rings. The molecule has 11 heteroatoms. The van der Waals surface area contributed by atoms with E-state index in [2.05, 4.69) is 4.98 Å². The number of nitrogens with zero attached hydrogens (tertiary/aromatic N) is 3. The third kappa shape index (κ3) is 5.32. The second-order valence-electron chi connectivity index (χ2n) is 7.32. The number of nitrogens with two attached hydrogens (primary N) is 1. The van der Waals surface area contributed by atoms with E-state index >= 15 is 0 Å². The number of amides is 1. The van der Waals surface area contributed by atoms with Crippen LogP contribution >= 0.6 is 12.0 Å². The first-order valence-electron chi connectivity index (χ1n) is 8.83. The summed E-state index contributed by atoms with van der Waals surface area (Å²) in [5.74, 6) is -1.48. The Labute approximate surface area is 171 Å². The first-order valence-corrected chi connectivity index (χ1v) is 9.57. The van der Waals surface area contributed by atoms with Gasteiger partial charge in [0.05, 0.1) is 31.8 Å². The number of ether oxygens (including phenoxy) is 2. The van der Waals surface area contributed by atoms with Gasteiger partial charge < -0.3 is 29.5 Å². The van der Waals surface area contributed by atoms with Crippen molar-refractivity contribution in [3.8, 4) is 0 Å². The van der Waals surface area contributed by atoms with Crippen molar-refractivity contribution in [1.29, 1.82) is 0 Å². The summed E-state index contributed by atoms with van der Waals surface area (Å²) in [7, 11) is 0. The Morgan fingerprint density at radius 3 is 2.59 bits per heavy atom. The Morgan fingerprint density at radius 1 is 1.34 bits per heavy atom. The highest BCUT2D eigenvalue weighted by molar-refractivity contribution is 7.94. The fraction of sp³-hybridized carbons (Fsp3) is 0.444. The molecular formula is C18H22N4O6S. The van der Waals surface area contributed by atoms with Crippen molar-refractivity contribution in [3.63, 3.8) is 0 Å². The van der Waals surface area contributed by atoms with Gasteiger partial charge in [0.25, 0.3) is 0 Å². The van der Waals surface area contributed by atoms with Crippen molar-refractivity contribution in [3.05, 3.63) is 52.3 Å². The number of carbonyl (C=O) groups is 1. The standard InChI is InChI=1S/C18H22N4O6S/c1-17(2)26-10-18(11-27-17,9-21-8-7-20-16(21)22(24)25)12-28-29-14-5-3-13(4-6-14)15(19)23/h3-8H,9-12H2,1-2H3,(H2,19,23). The molecule has 0 radical (unpaired) electrons. The molecule has 0 aliphatic carbocycles. The fourth-order valence-corrected chi connectivity index (χ4v) is 3.50. The summed E-state index contributed by atoms with van der Waals surface area (Å²) in [6.07, 6.45) is 2.94. The molecule has 1 amide bonds. The molecule has 1 aromatic heterocycles. The summed E-state index contributed by atoms with van der Waals surface area (Å²) < 4.78 is 18.9. The smallest absolute Gasteiger partial charge is 0.390 e. The van der Waals surface area contributed by atoms with Crippen LogP contribution < -0.4 is 5.73 Å². The van der Waals surface area contributed by atoms with Crippen molar-refractivity contribution >= 4 is 23.9 Å². The highest BCUT2D eigenvalue weighted by Crippen LogP contribution is 2.34. The van der Waals surface area contributed by atoms with Crippen molar-refractivity contribution in [2.75, 3.05) is 19.8 Å². The number of hydrogen-bond acceptors (Lipinski definition) is 8. The first-order chi connectivity index (χ1) is 13.7. The van der Waals surface area contributed by atoms with Crippen LogP contribution in [0.4, 0.5) is 5.95 Å². The Kier molecular flexibility index (Phi) is 6.22. The Morgan fingerprint density at radius 2 is 2.00 bits per heavy atom. The molecule has 0 spiro atoms. The molecule has 1 aromatic carbocycles. The number of imidazole rings is 1. The van der Waals surface area contributed by atoms with E-state index in [9.17, 15) is 14.9 Å². The molecule has 10 nitrogen and oxygen atoms in total. The zero-order chi connectivity index (χ0) is 21.1. The maximum atomic E-state index is 11.2. The quantitative estimate of drug-likeness (QED) is 0.390. The van der Waals surface area contributed by atoms with Crippen LogP contribution in [0.5, 0.6) is 0 Å². The lowest BCUT2D eigenvalue weighted by Crippen LogP contribution is -2.50. The number of hydrogen-bond donors (Lipinski definition) is 1. The largest absolute Gasteiger partial charge is 0.434 e. The maximum absolute atomic E-state index is 11.2. The molecule has 1 aliphatic rings. The van der Waals surface area contributed by atoms with Crippen molar-refractivity contribution in [2.45, 2.75) is 31.1 Å². The molecule has 1 saturated heterocycles. The summed E-state index contributed by atoms with van der Waals surface area (Å²) >= 11 is 1.13. The van der Waals surface area contributed by atoms with Gasteiger partial charge in [-0.05, 0) is 43.0 Å². The maximum Gasteiger partial charge on any atom is 0.434 e. The van der Waals surface area contributed by atoms with Gasteiger partial charge in [0.1, 0.15) is 12.4 Å². The van der Waals surface area contributed by atoms with Crippen LogP contribution in [0.2, 0.25) is 0 Å². The van der Waals surface area contributed by atoms with Crippen LogP contribution in [0.1, 0.15) is 24.2 Å². The zero-order valence-corrected chi connectivity index (χ0v) is 16.9.